The third kappa shape index (κ3) is 1.69. The van der Waals surface area contributed by atoms with Gasteiger partial charge in [0, 0.05) is 13.6 Å². The second-order valence-corrected chi connectivity index (χ2v) is 4.80. The molecule has 1 fully saturated rings. The van der Waals surface area contributed by atoms with Gasteiger partial charge >= 0.3 is 5.69 Å². The van der Waals surface area contributed by atoms with Crippen LogP contribution in [0.1, 0.15) is 6.42 Å². The van der Waals surface area contributed by atoms with Gasteiger partial charge in [0.2, 0.25) is 0 Å². The molecule has 17 heavy (non-hydrogen) atoms. The molecule has 2 aromatic rings. The van der Waals surface area contributed by atoms with E-state index >= 15 is 0 Å². The number of hydrogen-bond acceptors (Lipinski definition) is 2. The van der Waals surface area contributed by atoms with E-state index in [2.05, 4.69) is 5.32 Å². The first-order chi connectivity index (χ1) is 8.27. The third-order valence-electron chi connectivity index (χ3n) is 3.65. The van der Waals surface area contributed by atoms with Crippen molar-refractivity contribution in [2.45, 2.75) is 13.0 Å². The Balaban J connectivity index is 2.08. The average molecular weight is 231 g/mol. The van der Waals surface area contributed by atoms with Crippen LogP contribution in [0.25, 0.3) is 11.0 Å². The van der Waals surface area contributed by atoms with Gasteiger partial charge in [-0.3, -0.25) is 9.13 Å². The molecule has 1 saturated heterocycles. The average Bonchev–Trinajstić information content (AvgIpc) is 2.94. The van der Waals surface area contributed by atoms with E-state index in [1.807, 2.05) is 35.9 Å². The van der Waals surface area contributed by atoms with Gasteiger partial charge in [0.1, 0.15) is 0 Å². The molecule has 0 amide bonds. The van der Waals surface area contributed by atoms with Crippen molar-refractivity contribution in [1.82, 2.24) is 14.5 Å². The minimum absolute atomic E-state index is 0.0955. The van der Waals surface area contributed by atoms with E-state index in [1.165, 1.54) is 0 Å². The first-order valence-corrected chi connectivity index (χ1v) is 6.12. The van der Waals surface area contributed by atoms with Crippen molar-refractivity contribution in [2.75, 3.05) is 13.1 Å². The van der Waals surface area contributed by atoms with Crippen molar-refractivity contribution in [3.63, 3.8) is 0 Å². The number of fused-ring (bicyclic) bond motifs is 1. The number of para-hydroxylation sites is 2. The van der Waals surface area contributed by atoms with Crippen LogP contribution < -0.4 is 11.0 Å². The second kappa shape index (κ2) is 4.04. The van der Waals surface area contributed by atoms with E-state index in [-0.39, 0.29) is 5.69 Å². The smallest absolute Gasteiger partial charge is 0.316 e. The monoisotopic (exact) mass is 231 g/mol. The molecule has 1 aliphatic heterocycles. The third-order valence-corrected chi connectivity index (χ3v) is 3.65. The maximum Gasteiger partial charge on any atom is 0.328 e. The van der Waals surface area contributed by atoms with Crippen molar-refractivity contribution in [3.8, 4) is 0 Å². The molecule has 1 aliphatic rings. The second-order valence-electron chi connectivity index (χ2n) is 4.80. The number of nitrogens with one attached hydrogen (secondary N) is 1. The fourth-order valence-corrected chi connectivity index (χ4v) is 2.67. The summed E-state index contributed by atoms with van der Waals surface area (Å²) in [6.07, 6.45) is 1.16. The molecule has 1 aromatic heterocycles. The molecule has 90 valence electrons. The molecule has 1 unspecified atom stereocenters. The van der Waals surface area contributed by atoms with Gasteiger partial charge in [-0.15, -0.1) is 0 Å². The van der Waals surface area contributed by atoms with Gasteiger partial charge < -0.3 is 5.32 Å². The van der Waals surface area contributed by atoms with Crippen molar-refractivity contribution in [3.05, 3.63) is 34.7 Å². The van der Waals surface area contributed by atoms with E-state index in [0.717, 1.165) is 37.1 Å². The van der Waals surface area contributed by atoms with Crippen LogP contribution in [-0.4, -0.2) is 22.2 Å². The Bertz CT molecular complexity index is 590. The van der Waals surface area contributed by atoms with E-state index in [9.17, 15) is 4.79 Å². The Morgan fingerprint density at radius 2 is 2.12 bits per heavy atom. The largest absolute Gasteiger partial charge is 0.328 e. The normalized spacial score (nSPS) is 20.2. The van der Waals surface area contributed by atoms with Crippen LogP contribution in [0.4, 0.5) is 0 Å². The Morgan fingerprint density at radius 1 is 1.35 bits per heavy atom. The zero-order chi connectivity index (χ0) is 11.8. The molecular formula is C13H17N3O. The van der Waals surface area contributed by atoms with Crippen LogP contribution in [0.15, 0.2) is 29.1 Å². The molecule has 2 heterocycles. The fraction of sp³-hybridized carbons (Fsp3) is 0.462. The van der Waals surface area contributed by atoms with Crippen LogP contribution in [0.5, 0.6) is 0 Å². The lowest BCUT2D eigenvalue weighted by atomic mass is 10.1. The molecule has 0 aliphatic carbocycles. The molecule has 0 bridgehead atoms. The Labute approximate surface area is 99.9 Å². The van der Waals surface area contributed by atoms with Gasteiger partial charge in [0.05, 0.1) is 11.0 Å². The summed E-state index contributed by atoms with van der Waals surface area (Å²) in [5, 5.41) is 3.34. The molecule has 4 heteroatoms. The van der Waals surface area contributed by atoms with Crippen LogP contribution in [0.3, 0.4) is 0 Å². The van der Waals surface area contributed by atoms with E-state index in [1.54, 1.807) is 4.57 Å². The molecule has 1 aromatic carbocycles. The molecule has 4 nitrogen and oxygen atoms in total. The minimum Gasteiger partial charge on any atom is -0.316 e. The predicted molar refractivity (Wildman–Crippen MR) is 68.2 cm³/mol. The van der Waals surface area contributed by atoms with Gasteiger partial charge in [-0.1, -0.05) is 12.1 Å². The number of imidazole rings is 1. The highest BCUT2D eigenvalue weighted by Gasteiger charge is 2.18. The molecule has 0 saturated carbocycles. The molecule has 3 rings (SSSR count). The number of aryl methyl sites for hydroxylation is 1. The first-order valence-electron chi connectivity index (χ1n) is 6.12. The Morgan fingerprint density at radius 3 is 2.82 bits per heavy atom. The topological polar surface area (TPSA) is 39.0 Å². The number of nitrogens with zero attached hydrogens (tertiary/aromatic N) is 2. The number of aromatic nitrogens is 2. The zero-order valence-electron chi connectivity index (χ0n) is 10.0. The van der Waals surface area contributed by atoms with Crippen LogP contribution in [0, 0.1) is 5.92 Å². The van der Waals surface area contributed by atoms with Crippen LogP contribution in [0.2, 0.25) is 0 Å². The SMILES string of the molecule is Cn1c(=O)n(CC2CCNC2)c2ccccc21. The van der Waals surface area contributed by atoms with E-state index in [0.29, 0.717) is 5.92 Å². The predicted octanol–water partition coefficient (Wildman–Crippen LogP) is 0.949. The summed E-state index contributed by atoms with van der Waals surface area (Å²) in [5.74, 6) is 0.582. The maximum absolute atomic E-state index is 12.2. The summed E-state index contributed by atoms with van der Waals surface area (Å²) in [6.45, 7) is 2.92. The van der Waals surface area contributed by atoms with Crippen LogP contribution >= 0.6 is 0 Å². The van der Waals surface area contributed by atoms with Gasteiger partial charge in [-0.2, -0.15) is 0 Å². The fourth-order valence-electron chi connectivity index (χ4n) is 2.67. The van der Waals surface area contributed by atoms with E-state index in [4.69, 9.17) is 0 Å². The standard InChI is InChI=1S/C13H17N3O/c1-15-11-4-2-3-5-12(11)16(13(15)17)9-10-6-7-14-8-10/h2-5,10,14H,6-9H2,1H3. The lowest BCUT2D eigenvalue weighted by Gasteiger charge is -2.09. The van der Waals surface area contributed by atoms with Crippen LogP contribution in [-0.2, 0) is 13.6 Å². The first kappa shape index (κ1) is 10.6. The highest BCUT2D eigenvalue weighted by Crippen LogP contribution is 2.15. The molecular weight excluding hydrogens is 214 g/mol. The van der Waals surface area contributed by atoms with Gasteiger partial charge in [-0.25, -0.2) is 4.79 Å². The van der Waals surface area contributed by atoms with E-state index < -0.39 is 0 Å². The summed E-state index contributed by atoms with van der Waals surface area (Å²) in [7, 11) is 1.84. The molecule has 1 atom stereocenters. The van der Waals surface area contributed by atoms with Gasteiger partial charge in [0.15, 0.2) is 0 Å². The van der Waals surface area contributed by atoms with Crippen molar-refractivity contribution in [2.24, 2.45) is 13.0 Å². The number of benzene rings is 1. The lowest BCUT2D eigenvalue weighted by molar-refractivity contribution is 0.477. The zero-order valence-corrected chi connectivity index (χ0v) is 10.0. The van der Waals surface area contributed by atoms with Gasteiger partial charge in [-0.05, 0) is 37.6 Å². The summed E-state index contributed by atoms with van der Waals surface area (Å²) in [6, 6.07) is 7.99. The summed E-state index contributed by atoms with van der Waals surface area (Å²) >= 11 is 0. The van der Waals surface area contributed by atoms with Crippen molar-refractivity contribution in [1.29, 1.82) is 0 Å². The Hall–Kier alpha value is -1.55. The minimum atomic E-state index is 0.0955. The van der Waals surface area contributed by atoms with Crippen molar-refractivity contribution >= 4 is 11.0 Å². The van der Waals surface area contributed by atoms with Gasteiger partial charge in [0.25, 0.3) is 0 Å². The molecule has 0 radical (unpaired) electrons. The molecule has 1 N–H and O–H groups in total. The highest BCUT2D eigenvalue weighted by atomic mass is 16.1. The van der Waals surface area contributed by atoms with Crippen molar-refractivity contribution < 1.29 is 0 Å². The summed E-state index contributed by atoms with van der Waals surface area (Å²) in [4.78, 5) is 12.2. The number of rotatable bonds is 2. The quantitative estimate of drug-likeness (QED) is 0.835. The number of hydrogen-bond donors (Lipinski definition) is 1. The Kier molecular flexibility index (Phi) is 2.52. The summed E-state index contributed by atoms with van der Waals surface area (Å²) < 4.78 is 3.64. The highest BCUT2D eigenvalue weighted by molar-refractivity contribution is 5.75. The summed E-state index contributed by atoms with van der Waals surface area (Å²) in [5.41, 5.74) is 2.16. The molecule has 0 spiro atoms. The lowest BCUT2D eigenvalue weighted by Crippen LogP contribution is -2.26. The maximum atomic E-state index is 12.2.